The number of hydrogen-bond donors (Lipinski definition) is 1. The Labute approximate surface area is 111 Å². The molecule has 1 unspecified atom stereocenters. The molecule has 0 saturated carbocycles. The quantitative estimate of drug-likeness (QED) is 0.876. The Morgan fingerprint density at radius 1 is 1.53 bits per heavy atom. The van der Waals surface area contributed by atoms with Gasteiger partial charge in [-0.2, -0.15) is 5.10 Å². The summed E-state index contributed by atoms with van der Waals surface area (Å²) in [5, 5.41) is 4.36. The molecule has 1 atom stereocenters. The molecule has 96 valence electrons. The van der Waals surface area contributed by atoms with Gasteiger partial charge in [-0.3, -0.25) is 9.48 Å². The first-order valence-electron chi connectivity index (χ1n) is 6.01. The lowest BCUT2D eigenvalue weighted by atomic mass is 10.0. The zero-order chi connectivity index (χ0) is 13.0. The zero-order valence-corrected chi connectivity index (χ0v) is 12.2. The Morgan fingerprint density at radius 2 is 2.18 bits per heavy atom. The number of carbonyl (C=O) groups excluding carboxylic acids is 1. The van der Waals surface area contributed by atoms with Crippen molar-refractivity contribution in [2.75, 3.05) is 0 Å². The SMILES string of the molecule is CCCC(N)C(=O)Cc1c(Br)c(C)nn1CC. The molecule has 0 aromatic carbocycles. The van der Waals surface area contributed by atoms with Gasteiger partial charge in [0.05, 0.1) is 28.3 Å². The number of halogens is 1. The van der Waals surface area contributed by atoms with Crippen molar-refractivity contribution in [3.8, 4) is 0 Å². The van der Waals surface area contributed by atoms with Gasteiger partial charge in [-0.1, -0.05) is 13.3 Å². The Hall–Kier alpha value is -0.680. The summed E-state index contributed by atoms with van der Waals surface area (Å²) in [6, 6.07) is -0.354. The molecule has 2 N–H and O–H groups in total. The van der Waals surface area contributed by atoms with Crippen LogP contribution in [0, 0.1) is 6.92 Å². The average molecular weight is 302 g/mol. The Bertz CT molecular complexity index is 401. The van der Waals surface area contributed by atoms with Crippen LogP contribution in [0.5, 0.6) is 0 Å². The number of nitrogens with two attached hydrogens (primary N) is 1. The molecule has 4 nitrogen and oxygen atoms in total. The van der Waals surface area contributed by atoms with E-state index >= 15 is 0 Å². The molecule has 0 aliphatic carbocycles. The highest BCUT2D eigenvalue weighted by Gasteiger charge is 2.19. The van der Waals surface area contributed by atoms with Gasteiger partial charge in [0, 0.05) is 6.54 Å². The first kappa shape index (κ1) is 14.4. The van der Waals surface area contributed by atoms with E-state index in [9.17, 15) is 4.79 Å². The smallest absolute Gasteiger partial charge is 0.155 e. The minimum absolute atomic E-state index is 0.0853. The number of aryl methyl sites for hydroxylation is 2. The van der Waals surface area contributed by atoms with E-state index in [0.717, 1.165) is 35.2 Å². The van der Waals surface area contributed by atoms with Crippen molar-refractivity contribution in [2.24, 2.45) is 5.73 Å². The number of nitrogens with zero attached hydrogens (tertiary/aromatic N) is 2. The first-order valence-corrected chi connectivity index (χ1v) is 6.80. The molecular formula is C12H20BrN3O. The number of hydrogen-bond acceptors (Lipinski definition) is 3. The number of ketones is 1. The summed E-state index contributed by atoms with van der Waals surface area (Å²) in [6.07, 6.45) is 2.03. The van der Waals surface area contributed by atoms with Crippen molar-refractivity contribution in [3.05, 3.63) is 15.9 Å². The largest absolute Gasteiger partial charge is 0.321 e. The highest BCUT2D eigenvalue weighted by Crippen LogP contribution is 2.22. The highest BCUT2D eigenvalue weighted by atomic mass is 79.9. The third-order valence-corrected chi connectivity index (χ3v) is 3.84. The fraction of sp³-hybridized carbons (Fsp3) is 0.667. The topological polar surface area (TPSA) is 60.9 Å². The lowest BCUT2D eigenvalue weighted by molar-refractivity contribution is -0.119. The van der Waals surface area contributed by atoms with Gasteiger partial charge in [-0.25, -0.2) is 0 Å². The van der Waals surface area contributed by atoms with Crippen molar-refractivity contribution in [1.82, 2.24) is 9.78 Å². The van der Waals surface area contributed by atoms with E-state index in [1.165, 1.54) is 0 Å². The van der Waals surface area contributed by atoms with Crippen LogP contribution in [0.25, 0.3) is 0 Å². The molecule has 0 amide bonds. The van der Waals surface area contributed by atoms with Gasteiger partial charge < -0.3 is 5.73 Å². The number of aromatic nitrogens is 2. The molecule has 0 saturated heterocycles. The van der Waals surface area contributed by atoms with Crippen molar-refractivity contribution in [2.45, 2.75) is 52.6 Å². The van der Waals surface area contributed by atoms with E-state index in [-0.39, 0.29) is 11.8 Å². The van der Waals surface area contributed by atoms with Crippen LogP contribution in [0.2, 0.25) is 0 Å². The van der Waals surface area contributed by atoms with Gasteiger partial charge >= 0.3 is 0 Å². The fourth-order valence-electron chi connectivity index (χ4n) is 1.81. The van der Waals surface area contributed by atoms with Crippen LogP contribution in [0.3, 0.4) is 0 Å². The third-order valence-electron chi connectivity index (χ3n) is 2.81. The molecular weight excluding hydrogens is 282 g/mol. The first-order chi connectivity index (χ1) is 8.01. The second kappa shape index (κ2) is 6.31. The van der Waals surface area contributed by atoms with E-state index in [4.69, 9.17) is 5.73 Å². The molecule has 0 aliphatic heterocycles. The third kappa shape index (κ3) is 3.39. The molecule has 17 heavy (non-hydrogen) atoms. The predicted molar refractivity (Wildman–Crippen MR) is 71.9 cm³/mol. The maximum absolute atomic E-state index is 11.9. The van der Waals surface area contributed by atoms with Gasteiger partial charge in [0.2, 0.25) is 0 Å². The maximum atomic E-state index is 11.9. The summed E-state index contributed by atoms with van der Waals surface area (Å²) >= 11 is 3.48. The summed E-state index contributed by atoms with van der Waals surface area (Å²) in [7, 11) is 0. The van der Waals surface area contributed by atoms with E-state index in [1.807, 2.05) is 25.5 Å². The van der Waals surface area contributed by atoms with E-state index in [1.54, 1.807) is 0 Å². The van der Waals surface area contributed by atoms with E-state index < -0.39 is 0 Å². The van der Waals surface area contributed by atoms with Crippen molar-refractivity contribution < 1.29 is 4.79 Å². The molecule has 1 heterocycles. The van der Waals surface area contributed by atoms with E-state index in [0.29, 0.717) is 6.42 Å². The molecule has 0 spiro atoms. The van der Waals surface area contributed by atoms with Crippen LogP contribution in [-0.4, -0.2) is 21.6 Å². The van der Waals surface area contributed by atoms with Crippen LogP contribution >= 0.6 is 15.9 Å². The second-order valence-corrected chi connectivity index (χ2v) is 4.99. The van der Waals surface area contributed by atoms with Crippen molar-refractivity contribution in [1.29, 1.82) is 0 Å². The Balaban J connectivity index is 2.84. The molecule has 1 aromatic rings. The molecule has 1 rings (SSSR count). The van der Waals surface area contributed by atoms with Crippen LogP contribution in [0.15, 0.2) is 4.47 Å². The Morgan fingerprint density at radius 3 is 2.71 bits per heavy atom. The summed E-state index contributed by atoms with van der Waals surface area (Å²) in [4.78, 5) is 11.9. The second-order valence-electron chi connectivity index (χ2n) is 4.20. The summed E-state index contributed by atoms with van der Waals surface area (Å²) in [6.45, 7) is 6.73. The standard InChI is InChI=1S/C12H20BrN3O/c1-4-6-9(14)11(17)7-10-12(13)8(3)15-16(10)5-2/h9H,4-7,14H2,1-3H3. The van der Waals surface area contributed by atoms with Crippen LogP contribution in [0.1, 0.15) is 38.1 Å². The van der Waals surface area contributed by atoms with Crippen molar-refractivity contribution in [3.63, 3.8) is 0 Å². The predicted octanol–water partition coefficient (Wildman–Crippen LogP) is 2.21. The minimum atomic E-state index is -0.354. The van der Waals surface area contributed by atoms with Gasteiger partial charge in [0.15, 0.2) is 5.78 Å². The number of Topliss-reactive ketones (excluding diaryl/α,β-unsaturated/α-hetero) is 1. The zero-order valence-electron chi connectivity index (χ0n) is 10.7. The van der Waals surface area contributed by atoms with Gasteiger partial charge in [0.1, 0.15) is 0 Å². The lowest BCUT2D eigenvalue weighted by Gasteiger charge is -2.10. The van der Waals surface area contributed by atoms with Crippen LogP contribution in [0.4, 0.5) is 0 Å². The van der Waals surface area contributed by atoms with Gasteiger partial charge in [0.25, 0.3) is 0 Å². The highest BCUT2D eigenvalue weighted by molar-refractivity contribution is 9.10. The molecule has 0 bridgehead atoms. The summed E-state index contributed by atoms with van der Waals surface area (Å²) in [5.74, 6) is 0.0853. The van der Waals surface area contributed by atoms with Gasteiger partial charge in [-0.15, -0.1) is 0 Å². The maximum Gasteiger partial charge on any atom is 0.155 e. The summed E-state index contributed by atoms with van der Waals surface area (Å²) in [5.41, 5.74) is 7.68. The van der Waals surface area contributed by atoms with Crippen LogP contribution < -0.4 is 5.73 Å². The average Bonchev–Trinajstić information content (AvgIpc) is 2.57. The fourth-order valence-corrected chi connectivity index (χ4v) is 2.23. The lowest BCUT2D eigenvalue weighted by Crippen LogP contribution is -2.32. The van der Waals surface area contributed by atoms with E-state index in [2.05, 4.69) is 21.0 Å². The molecule has 1 aromatic heterocycles. The minimum Gasteiger partial charge on any atom is -0.321 e. The number of carbonyl (C=O) groups is 1. The Kier molecular flexibility index (Phi) is 5.33. The van der Waals surface area contributed by atoms with Crippen LogP contribution in [-0.2, 0) is 17.8 Å². The number of rotatable bonds is 6. The molecule has 5 heteroatoms. The summed E-state index contributed by atoms with van der Waals surface area (Å²) < 4.78 is 2.78. The molecule has 0 aliphatic rings. The normalized spacial score (nSPS) is 12.8. The van der Waals surface area contributed by atoms with Gasteiger partial charge in [-0.05, 0) is 36.2 Å². The monoisotopic (exact) mass is 301 g/mol. The molecule has 0 fully saturated rings. The van der Waals surface area contributed by atoms with Crippen molar-refractivity contribution >= 4 is 21.7 Å². The molecule has 0 radical (unpaired) electrons.